The minimum atomic E-state index is 0.545. The van der Waals surface area contributed by atoms with Crippen molar-refractivity contribution in [1.29, 1.82) is 0 Å². The Balaban J connectivity index is 2.07. The van der Waals surface area contributed by atoms with Gasteiger partial charge in [0.1, 0.15) is 5.82 Å². The molecular formula is C12H17ClN2. The summed E-state index contributed by atoms with van der Waals surface area (Å²) in [7, 11) is 0. The Bertz CT molecular complexity index is 310. The summed E-state index contributed by atoms with van der Waals surface area (Å²) in [5.74, 6) is 2.42. The molecule has 2 heterocycles. The van der Waals surface area contributed by atoms with Gasteiger partial charge in [-0.2, -0.15) is 0 Å². The van der Waals surface area contributed by atoms with Crippen molar-refractivity contribution in [2.75, 3.05) is 18.0 Å². The van der Waals surface area contributed by atoms with Crippen LogP contribution in [0.4, 0.5) is 5.82 Å². The second-order valence-corrected chi connectivity index (χ2v) is 4.62. The van der Waals surface area contributed by atoms with E-state index in [4.69, 9.17) is 11.6 Å². The zero-order valence-corrected chi connectivity index (χ0v) is 9.87. The van der Waals surface area contributed by atoms with E-state index in [1.165, 1.54) is 12.8 Å². The van der Waals surface area contributed by atoms with Gasteiger partial charge in [0.2, 0.25) is 0 Å². The predicted molar refractivity (Wildman–Crippen MR) is 64.4 cm³/mol. The Morgan fingerprint density at radius 2 is 2.40 bits per heavy atom. The summed E-state index contributed by atoms with van der Waals surface area (Å²) in [4.78, 5) is 6.82. The fraction of sp³-hybridized carbons (Fsp3) is 0.583. The molecule has 0 aromatic carbocycles. The summed E-state index contributed by atoms with van der Waals surface area (Å²) in [6.45, 7) is 4.57. The fourth-order valence-electron chi connectivity index (χ4n) is 2.08. The SMILES string of the molecule is CC1CCCN(c2ccc(CCl)cn2)C1. The maximum Gasteiger partial charge on any atom is 0.128 e. The first kappa shape index (κ1) is 10.7. The first-order valence-corrected chi connectivity index (χ1v) is 6.09. The van der Waals surface area contributed by atoms with E-state index in [0.29, 0.717) is 5.88 Å². The second kappa shape index (κ2) is 4.84. The van der Waals surface area contributed by atoms with Crippen molar-refractivity contribution >= 4 is 17.4 Å². The highest BCUT2D eigenvalue weighted by atomic mass is 35.5. The monoisotopic (exact) mass is 224 g/mol. The van der Waals surface area contributed by atoms with E-state index in [2.05, 4.69) is 28.9 Å². The standard InChI is InChI=1S/C12H17ClN2/c1-10-3-2-6-15(9-10)12-5-4-11(7-13)8-14-12/h4-5,8,10H,2-3,6-7,9H2,1H3. The maximum absolute atomic E-state index is 5.73. The van der Waals surface area contributed by atoms with E-state index in [1.54, 1.807) is 0 Å². The first-order chi connectivity index (χ1) is 7.29. The molecule has 3 heteroatoms. The number of pyridine rings is 1. The molecule has 1 aromatic heterocycles. The van der Waals surface area contributed by atoms with E-state index in [1.807, 2.05) is 6.20 Å². The van der Waals surface area contributed by atoms with Gasteiger partial charge in [-0.3, -0.25) is 0 Å². The molecule has 0 bridgehead atoms. The molecule has 0 amide bonds. The molecule has 1 aliphatic heterocycles. The Labute approximate surface area is 96.3 Å². The second-order valence-electron chi connectivity index (χ2n) is 4.35. The van der Waals surface area contributed by atoms with Crippen molar-refractivity contribution in [3.63, 3.8) is 0 Å². The third-order valence-corrected chi connectivity index (χ3v) is 3.25. The van der Waals surface area contributed by atoms with Gasteiger partial charge in [-0.1, -0.05) is 13.0 Å². The van der Waals surface area contributed by atoms with Crippen LogP contribution in [0, 0.1) is 5.92 Å². The van der Waals surface area contributed by atoms with Gasteiger partial charge in [0, 0.05) is 25.2 Å². The van der Waals surface area contributed by atoms with Gasteiger partial charge in [-0.05, 0) is 30.4 Å². The normalized spacial score (nSPS) is 21.7. The number of nitrogens with zero attached hydrogens (tertiary/aromatic N) is 2. The van der Waals surface area contributed by atoms with Crippen LogP contribution in [-0.4, -0.2) is 18.1 Å². The van der Waals surface area contributed by atoms with Crippen molar-refractivity contribution in [3.05, 3.63) is 23.9 Å². The minimum Gasteiger partial charge on any atom is -0.356 e. The smallest absolute Gasteiger partial charge is 0.128 e. The number of piperidine rings is 1. The Hall–Kier alpha value is -0.760. The Morgan fingerprint density at radius 3 is 3.00 bits per heavy atom. The van der Waals surface area contributed by atoms with Crippen LogP contribution in [0.25, 0.3) is 0 Å². The summed E-state index contributed by atoms with van der Waals surface area (Å²) in [6, 6.07) is 4.14. The molecule has 0 spiro atoms. The molecule has 0 radical (unpaired) electrons. The molecule has 1 unspecified atom stereocenters. The highest BCUT2D eigenvalue weighted by Crippen LogP contribution is 2.21. The molecule has 1 aromatic rings. The zero-order valence-electron chi connectivity index (χ0n) is 9.12. The van der Waals surface area contributed by atoms with Crippen LogP contribution >= 0.6 is 11.6 Å². The summed E-state index contributed by atoms with van der Waals surface area (Å²) >= 11 is 5.73. The summed E-state index contributed by atoms with van der Waals surface area (Å²) in [5, 5.41) is 0. The van der Waals surface area contributed by atoms with Crippen LogP contribution in [0.2, 0.25) is 0 Å². The topological polar surface area (TPSA) is 16.1 Å². The largest absolute Gasteiger partial charge is 0.356 e. The molecule has 2 rings (SSSR count). The van der Waals surface area contributed by atoms with Crippen molar-refractivity contribution in [1.82, 2.24) is 4.98 Å². The van der Waals surface area contributed by atoms with Gasteiger partial charge in [0.05, 0.1) is 0 Å². The number of halogens is 1. The average Bonchev–Trinajstić information content (AvgIpc) is 2.29. The van der Waals surface area contributed by atoms with Crippen molar-refractivity contribution in [3.8, 4) is 0 Å². The molecule has 0 N–H and O–H groups in total. The fourth-order valence-corrected chi connectivity index (χ4v) is 2.24. The van der Waals surface area contributed by atoms with Gasteiger partial charge in [-0.25, -0.2) is 4.98 Å². The molecule has 0 aliphatic carbocycles. The minimum absolute atomic E-state index is 0.545. The lowest BCUT2D eigenvalue weighted by Gasteiger charge is -2.31. The van der Waals surface area contributed by atoms with E-state index < -0.39 is 0 Å². The first-order valence-electron chi connectivity index (χ1n) is 5.55. The van der Waals surface area contributed by atoms with E-state index in [9.17, 15) is 0 Å². The summed E-state index contributed by atoms with van der Waals surface area (Å²) in [6.07, 6.45) is 4.50. The average molecular weight is 225 g/mol. The highest BCUT2D eigenvalue weighted by Gasteiger charge is 2.16. The number of aromatic nitrogens is 1. The van der Waals surface area contributed by atoms with E-state index >= 15 is 0 Å². The molecule has 15 heavy (non-hydrogen) atoms. The van der Waals surface area contributed by atoms with E-state index in [0.717, 1.165) is 30.4 Å². The van der Waals surface area contributed by atoms with Crippen LogP contribution in [0.5, 0.6) is 0 Å². The molecular weight excluding hydrogens is 208 g/mol. The Morgan fingerprint density at radius 1 is 1.53 bits per heavy atom. The number of alkyl halides is 1. The molecule has 0 saturated carbocycles. The molecule has 82 valence electrons. The van der Waals surface area contributed by atoms with Gasteiger partial charge in [-0.15, -0.1) is 11.6 Å². The number of hydrogen-bond acceptors (Lipinski definition) is 2. The Kier molecular flexibility index (Phi) is 3.47. The summed E-state index contributed by atoms with van der Waals surface area (Å²) in [5.41, 5.74) is 1.09. The number of anilines is 1. The summed E-state index contributed by atoms with van der Waals surface area (Å²) < 4.78 is 0. The van der Waals surface area contributed by atoms with Gasteiger partial charge in [0.15, 0.2) is 0 Å². The molecule has 2 nitrogen and oxygen atoms in total. The van der Waals surface area contributed by atoms with Gasteiger partial charge in [0.25, 0.3) is 0 Å². The van der Waals surface area contributed by atoms with Crippen LogP contribution in [-0.2, 0) is 5.88 Å². The highest BCUT2D eigenvalue weighted by molar-refractivity contribution is 6.17. The lowest BCUT2D eigenvalue weighted by atomic mass is 10.0. The van der Waals surface area contributed by atoms with Crippen LogP contribution in [0.1, 0.15) is 25.3 Å². The third kappa shape index (κ3) is 2.63. The third-order valence-electron chi connectivity index (χ3n) is 2.94. The van der Waals surface area contributed by atoms with Gasteiger partial charge >= 0.3 is 0 Å². The molecule has 1 saturated heterocycles. The quantitative estimate of drug-likeness (QED) is 0.718. The van der Waals surface area contributed by atoms with Crippen LogP contribution in [0.15, 0.2) is 18.3 Å². The van der Waals surface area contributed by atoms with Gasteiger partial charge < -0.3 is 4.90 Å². The molecule has 1 aliphatic rings. The lowest BCUT2D eigenvalue weighted by molar-refractivity contribution is 0.444. The van der Waals surface area contributed by atoms with Crippen LogP contribution in [0.3, 0.4) is 0 Å². The number of hydrogen-bond donors (Lipinski definition) is 0. The lowest BCUT2D eigenvalue weighted by Crippen LogP contribution is -2.34. The maximum atomic E-state index is 5.73. The van der Waals surface area contributed by atoms with Crippen LogP contribution < -0.4 is 4.90 Å². The predicted octanol–water partition coefficient (Wildman–Crippen LogP) is 3.06. The van der Waals surface area contributed by atoms with Crippen molar-refractivity contribution in [2.45, 2.75) is 25.6 Å². The molecule has 1 atom stereocenters. The zero-order chi connectivity index (χ0) is 10.7. The van der Waals surface area contributed by atoms with E-state index in [-0.39, 0.29) is 0 Å². The van der Waals surface area contributed by atoms with Crippen molar-refractivity contribution < 1.29 is 0 Å². The molecule has 1 fully saturated rings. The van der Waals surface area contributed by atoms with Crippen molar-refractivity contribution in [2.24, 2.45) is 5.92 Å². The number of rotatable bonds is 2.